The van der Waals surface area contributed by atoms with Gasteiger partial charge in [-0.2, -0.15) is 0 Å². The topological polar surface area (TPSA) is 25.2 Å². The summed E-state index contributed by atoms with van der Waals surface area (Å²) in [7, 11) is 2.07. The van der Waals surface area contributed by atoms with E-state index in [0.29, 0.717) is 0 Å². The summed E-state index contributed by atoms with van der Waals surface area (Å²) >= 11 is 0. The lowest BCUT2D eigenvalue weighted by molar-refractivity contribution is 0.0902. The Morgan fingerprint density at radius 3 is 2.78 bits per heavy atom. The number of rotatable bonds is 0. The molecule has 2 aliphatic rings. The van der Waals surface area contributed by atoms with Gasteiger partial charge in [0.2, 0.25) is 0 Å². The van der Waals surface area contributed by atoms with Gasteiger partial charge in [0.25, 0.3) is 0 Å². The van der Waals surface area contributed by atoms with Gasteiger partial charge in [0.15, 0.2) is 5.78 Å². The molecule has 0 bridgehead atoms. The molecule has 0 unspecified atom stereocenters. The van der Waals surface area contributed by atoms with Crippen LogP contribution in [0.2, 0.25) is 0 Å². The Morgan fingerprint density at radius 1 is 1.17 bits per heavy atom. The molecule has 2 aliphatic heterocycles. The van der Waals surface area contributed by atoms with E-state index in [9.17, 15) is 4.79 Å². The van der Waals surface area contributed by atoms with Gasteiger partial charge in [-0.15, -0.1) is 0 Å². The average molecular weight is 238 g/mol. The molecule has 0 fully saturated rings. The first-order chi connectivity index (χ1) is 8.65. The van der Waals surface area contributed by atoms with Crippen LogP contribution < -0.4 is 4.90 Å². The van der Waals surface area contributed by atoms with Crippen LogP contribution in [0.15, 0.2) is 42.6 Å². The Hall–Kier alpha value is -2.03. The number of likely N-dealkylation sites (N-methyl/N-ethyl adjacent to an activating group) is 1. The van der Waals surface area contributed by atoms with E-state index < -0.39 is 5.41 Å². The van der Waals surface area contributed by atoms with E-state index >= 15 is 0 Å². The lowest BCUT2D eigenvalue weighted by Gasteiger charge is -2.28. The van der Waals surface area contributed by atoms with E-state index in [1.807, 2.05) is 30.5 Å². The molecule has 0 radical (unpaired) electrons. The van der Waals surface area contributed by atoms with Crippen LogP contribution in [-0.4, -0.2) is 17.4 Å². The number of anilines is 1. The van der Waals surface area contributed by atoms with E-state index in [4.69, 9.17) is 0 Å². The third-order valence-electron chi connectivity index (χ3n) is 4.47. The maximum Gasteiger partial charge on any atom is 0.193 e. The highest BCUT2D eigenvalue weighted by Crippen LogP contribution is 2.55. The van der Waals surface area contributed by atoms with E-state index in [2.05, 4.69) is 35.6 Å². The van der Waals surface area contributed by atoms with Crippen LogP contribution in [0, 0.1) is 0 Å². The van der Waals surface area contributed by atoms with Gasteiger partial charge in [-0.05, 0) is 30.7 Å². The second-order valence-corrected chi connectivity index (χ2v) is 5.33. The zero-order valence-electron chi connectivity index (χ0n) is 10.4. The molecule has 2 aromatic rings. The minimum Gasteiger partial charge on any atom is -0.353 e. The van der Waals surface area contributed by atoms with Gasteiger partial charge in [0, 0.05) is 18.9 Å². The molecule has 4 rings (SSSR count). The number of benzene rings is 1. The molecule has 1 aromatic heterocycles. The third-order valence-corrected chi connectivity index (χ3v) is 4.47. The van der Waals surface area contributed by atoms with Crippen molar-refractivity contribution in [2.24, 2.45) is 0 Å². The van der Waals surface area contributed by atoms with Crippen molar-refractivity contribution in [3.05, 3.63) is 53.9 Å². The fourth-order valence-electron chi connectivity index (χ4n) is 3.65. The molecule has 3 heterocycles. The molecule has 0 saturated carbocycles. The highest BCUT2D eigenvalue weighted by molar-refractivity contribution is 6.08. The first kappa shape index (κ1) is 9.95. The summed E-state index contributed by atoms with van der Waals surface area (Å²) in [6.07, 6.45) is 2.08. The predicted molar refractivity (Wildman–Crippen MR) is 70.0 cm³/mol. The second kappa shape index (κ2) is 2.86. The van der Waals surface area contributed by atoms with Gasteiger partial charge >= 0.3 is 0 Å². The van der Waals surface area contributed by atoms with Crippen molar-refractivity contribution in [2.75, 3.05) is 11.9 Å². The van der Waals surface area contributed by atoms with Crippen molar-refractivity contribution in [3.8, 4) is 0 Å². The number of hydrogen-bond acceptors (Lipinski definition) is 2. The van der Waals surface area contributed by atoms with E-state index in [1.165, 1.54) is 0 Å². The Balaban J connectivity index is 2.06. The van der Waals surface area contributed by atoms with Crippen LogP contribution in [0.5, 0.6) is 0 Å². The van der Waals surface area contributed by atoms with Gasteiger partial charge < -0.3 is 9.47 Å². The van der Waals surface area contributed by atoms with Crippen LogP contribution >= 0.6 is 0 Å². The van der Waals surface area contributed by atoms with Crippen LogP contribution in [-0.2, 0) is 5.41 Å². The number of aromatic nitrogens is 1. The number of carbonyl (C=O) groups excluding carboxylic acids is 1. The largest absolute Gasteiger partial charge is 0.353 e. The standard InChI is InChI=1S/C15H14N2O/c1-15-10-6-3-4-7-11(10)16(2)14(15)17-9-5-8-12(17)13(15)18/h3-9,14H,1-2H3/t14-,15+/m0/s1. The van der Waals surface area contributed by atoms with Gasteiger partial charge in [-0.25, -0.2) is 0 Å². The normalized spacial score (nSPS) is 28.2. The number of Topliss-reactive ketones (excluding diaryl/α,β-unsaturated/α-hetero) is 1. The lowest BCUT2D eigenvalue weighted by atomic mass is 9.79. The monoisotopic (exact) mass is 238 g/mol. The number of carbonyl (C=O) groups is 1. The van der Waals surface area contributed by atoms with E-state index in [0.717, 1.165) is 16.9 Å². The molecule has 3 heteroatoms. The van der Waals surface area contributed by atoms with Crippen LogP contribution in [0.25, 0.3) is 0 Å². The molecular weight excluding hydrogens is 224 g/mol. The fourth-order valence-corrected chi connectivity index (χ4v) is 3.65. The summed E-state index contributed by atoms with van der Waals surface area (Å²) in [5.41, 5.74) is 2.69. The molecule has 90 valence electrons. The number of para-hydroxylation sites is 1. The zero-order valence-corrected chi connectivity index (χ0v) is 10.4. The van der Waals surface area contributed by atoms with Crippen molar-refractivity contribution in [1.29, 1.82) is 0 Å². The second-order valence-electron chi connectivity index (χ2n) is 5.33. The van der Waals surface area contributed by atoms with Crippen molar-refractivity contribution in [2.45, 2.75) is 18.5 Å². The summed E-state index contributed by atoms with van der Waals surface area (Å²) in [6, 6.07) is 12.1. The lowest BCUT2D eigenvalue weighted by Crippen LogP contribution is -2.36. The fraction of sp³-hybridized carbons (Fsp3) is 0.267. The molecule has 2 atom stereocenters. The Morgan fingerprint density at radius 2 is 1.94 bits per heavy atom. The van der Waals surface area contributed by atoms with Gasteiger partial charge in [0.1, 0.15) is 6.17 Å². The Labute approximate surface area is 106 Å². The summed E-state index contributed by atoms with van der Waals surface area (Å²) in [6.45, 7) is 2.06. The molecule has 1 aromatic carbocycles. The highest BCUT2D eigenvalue weighted by Gasteiger charge is 2.57. The first-order valence-corrected chi connectivity index (χ1v) is 6.19. The molecule has 0 amide bonds. The number of hydrogen-bond donors (Lipinski definition) is 0. The summed E-state index contributed by atoms with van der Waals surface area (Å²) in [4.78, 5) is 14.9. The number of nitrogens with zero attached hydrogens (tertiary/aromatic N) is 2. The van der Waals surface area contributed by atoms with Crippen LogP contribution in [0.4, 0.5) is 5.69 Å². The highest BCUT2D eigenvalue weighted by atomic mass is 16.1. The van der Waals surface area contributed by atoms with Crippen molar-refractivity contribution in [1.82, 2.24) is 4.57 Å². The van der Waals surface area contributed by atoms with Crippen molar-refractivity contribution < 1.29 is 4.79 Å². The molecule has 0 saturated heterocycles. The third kappa shape index (κ3) is 0.838. The molecular formula is C15H14N2O. The van der Waals surface area contributed by atoms with E-state index in [1.54, 1.807) is 0 Å². The minimum atomic E-state index is -0.443. The molecule has 18 heavy (non-hydrogen) atoms. The predicted octanol–water partition coefficient (Wildman–Crippen LogP) is 2.59. The van der Waals surface area contributed by atoms with E-state index in [-0.39, 0.29) is 11.9 Å². The molecule has 0 N–H and O–H groups in total. The van der Waals surface area contributed by atoms with Crippen LogP contribution in [0.1, 0.15) is 29.1 Å². The van der Waals surface area contributed by atoms with Gasteiger partial charge in [-0.3, -0.25) is 4.79 Å². The first-order valence-electron chi connectivity index (χ1n) is 6.19. The molecule has 3 nitrogen and oxygen atoms in total. The minimum absolute atomic E-state index is 0.0763. The quantitative estimate of drug-likeness (QED) is 0.705. The molecule has 0 aliphatic carbocycles. The summed E-state index contributed by atoms with van der Waals surface area (Å²) < 4.78 is 2.10. The molecule has 0 spiro atoms. The van der Waals surface area contributed by atoms with Crippen LogP contribution in [0.3, 0.4) is 0 Å². The maximum atomic E-state index is 12.7. The van der Waals surface area contributed by atoms with Gasteiger partial charge in [0.05, 0.1) is 11.1 Å². The SMILES string of the molecule is CN1c2ccccc2[C@]2(C)C(=O)c3cccn3[C@H]12. The maximum absolute atomic E-state index is 12.7. The Kier molecular flexibility index (Phi) is 1.58. The van der Waals surface area contributed by atoms with Crippen molar-refractivity contribution in [3.63, 3.8) is 0 Å². The van der Waals surface area contributed by atoms with Gasteiger partial charge in [-0.1, -0.05) is 18.2 Å². The smallest absolute Gasteiger partial charge is 0.193 e. The Bertz CT molecular complexity index is 673. The summed E-state index contributed by atoms with van der Waals surface area (Å²) in [5.74, 6) is 0.231. The number of ketones is 1. The van der Waals surface area contributed by atoms with Crippen molar-refractivity contribution >= 4 is 11.5 Å². The number of fused-ring (bicyclic) bond motifs is 5. The average Bonchev–Trinajstić information content (AvgIpc) is 2.98. The zero-order chi connectivity index (χ0) is 12.5. The summed E-state index contributed by atoms with van der Waals surface area (Å²) in [5, 5.41) is 0.